The molecule has 2 heterocycles. The summed E-state index contributed by atoms with van der Waals surface area (Å²) in [5, 5.41) is 7.35. The van der Waals surface area contributed by atoms with Gasteiger partial charge >= 0.3 is 0 Å². The number of hydrogen-bond acceptors (Lipinski definition) is 3. The number of carbonyl (C=O) groups excluding carboxylic acids is 1. The Balaban J connectivity index is 2.03. The Bertz CT molecular complexity index is 420. The molecule has 1 N–H and O–H groups in total. The molecule has 1 atom stereocenters. The largest absolute Gasteiger partial charge is 0.379 e. The third-order valence-corrected chi connectivity index (χ3v) is 3.22. The highest BCUT2D eigenvalue weighted by Gasteiger charge is 2.20. The van der Waals surface area contributed by atoms with E-state index in [2.05, 4.69) is 24.3 Å². The lowest BCUT2D eigenvalue weighted by Gasteiger charge is -2.22. The van der Waals surface area contributed by atoms with Crippen LogP contribution in [0.3, 0.4) is 0 Å². The molecule has 0 aromatic carbocycles. The van der Waals surface area contributed by atoms with E-state index >= 15 is 0 Å². The van der Waals surface area contributed by atoms with Crippen molar-refractivity contribution in [3.05, 3.63) is 17.5 Å². The van der Waals surface area contributed by atoms with Crippen molar-refractivity contribution >= 4 is 5.91 Å². The molecule has 1 amide bonds. The molecule has 0 spiro atoms. The minimum Gasteiger partial charge on any atom is -0.379 e. The fourth-order valence-electron chi connectivity index (χ4n) is 2.10. The van der Waals surface area contributed by atoms with Crippen LogP contribution in [0.4, 0.5) is 0 Å². The molecule has 5 nitrogen and oxygen atoms in total. The zero-order valence-corrected chi connectivity index (χ0v) is 11.3. The molecule has 0 unspecified atom stereocenters. The number of ether oxygens (including phenoxy) is 1. The molecule has 1 aliphatic heterocycles. The first kappa shape index (κ1) is 13.1. The first-order chi connectivity index (χ1) is 8.58. The summed E-state index contributed by atoms with van der Waals surface area (Å²) >= 11 is 0. The molecule has 0 aliphatic carbocycles. The maximum Gasteiger partial charge on any atom is 0.269 e. The molecule has 0 bridgehead atoms. The molecule has 18 heavy (non-hydrogen) atoms. The second-order valence-electron chi connectivity index (χ2n) is 5.12. The van der Waals surface area contributed by atoms with E-state index in [1.54, 1.807) is 11.7 Å². The highest BCUT2D eigenvalue weighted by Crippen LogP contribution is 2.14. The zero-order chi connectivity index (χ0) is 13.1. The number of rotatable bonds is 3. The maximum atomic E-state index is 12.1. The highest BCUT2D eigenvalue weighted by atomic mass is 16.5. The molecule has 0 saturated carbocycles. The van der Waals surface area contributed by atoms with Crippen molar-refractivity contribution in [2.24, 2.45) is 7.05 Å². The number of hydrogen-bond donors (Lipinski definition) is 1. The molecule has 1 aliphatic rings. The SMILES string of the molecule is CC(C)c1cc(C(=O)N[C@H]2CCCOC2)n(C)n1. The zero-order valence-electron chi connectivity index (χ0n) is 11.3. The Labute approximate surface area is 108 Å². The highest BCUT2D eigenvalue weighted by molar-refractivity contribution is 5.92. The van der Waals surface area contributed by atoms with Gasteiger partial charge in [0.15, 0.2) is 0 Å². The first-order valence-corrected chi connectivity index (χ1v) is 6.50. The number of nitrogens with zero attached hydrogens (tertiary/aromatic N) is 2. The minimum atomic E-state index is -0.0626. The van der Waals surface area contributed by atoms with Gasteiger partial charge in [-0.3, -0.25) is 9.48 Å². The maximum absolute atomic E-state index is 12.1. The van der Waals surface area contributed by atoms with Crippen molar-refractivity contribution in [2.75, 3.05) is 13.2 Å². The number of aromatic nitrogens is 2. The summed E-state index contributed by atoms with van der Waals surface area (Å²) in [6.07, 6.45) is 1.99. The Morgan fingerprint density at radius 2 is 2.39 bits per heavy atom. The number of carbonyl (C=O) groups is 1. The molecule has 5 heteroatoms. The predicted molar refractivity (Wildman–Crippen MR) is 68.6 cm³/mol. The summed E-state index contributed by atoms with van der Waals surface area (Å²) in [4.78, 5) is 12.1. The molecule has 1 saturated heterocycles. The van der Waals surface area contributed by atoms with E-state index in [9.17, 15) is 4.79 Å². The Morgan fingerprint density at radius 1 is 1.61 bits per heavy atom. The molecule has 0 radical (unpaired) electrons. The van der Waals surface area contributed by atoms with Crippen LogP contribution in [0.15, 0.2) is 6.07 Å². The van der Waals surface area contributed by atoms with Gasteiger partial charge in [-0.15, -0.1) is 0 Å². The molecule has 1 aromatic heterocycles. The van der Waals surface area contributed by atoms with E-state index in [4.69, 9.17) is 4.74 Å². The van der Waals surface area contributed by atoms with Crippen LogP contribution in [0.25, 0.3) is 0 Å². The summed E-state index contributed by atoms with van der Waals surface area (Å²) in [6, 6.07) is 1.99. The van der Waals surface area contributed by atoms with Crippen LogP contribution in [0.5, 0.6) is 0 Å². The molecule has 1 aromatic rings. The van der Waals surface area contributed by atoms with Gasteiger partial charge in [0, 0.05) is 13.7 Å². The third kappa shape index (κ3) is 2.90. The predicted octanol–water partition coefficient (Wildman–Crippen LogP) is 1.45. The molecule has 100 valence electrons. The lowest BCUT2D eigenvalue weighted by Crippen LogP contribution is -2.41. The average Bonchev–Trinajstić information content (AvgIpc) is 2.73. The quantitative estimate of drug-likeness (QED) is 0.884. The van der Waals surface area contributed by atoms with E-state index in [-0.39, 0.29) is 11.9 Å². The van der Waals surface area contributed by atoms with Crippen LogP contribution >= 0.6 is 0 Å². The standard InChI is InChI=1S/C13H21N3O2/c1-9(2)11-7-12(16(3)15-11)13(17)14-10-5-4-6-18-8-10/h7,9-10H,4-6,8H2,1-3H3,(H,14,17)/t10-/m0/s1. The number of aryl methyl sites for hydroxylation is 1. The number of amides is 1. The normalized spacial score (nSPS) is 20.1. The minimum absolute atomic E-state index is 0.0626. The molecular weight excluding hydrogens is 230 g/mol. The van der Waals surface area contributed by atoms with Gasteiger partial charge in [-0.2, -0.15) is 5.10 Å². The van der Waals surface area contributed by atoms with Gasteiger partial charge < -0.3 is 10.1 Å². The van der Waals surface area contributed by atoms with Crippen LogP contribution in [-0.2, 0) is 11.8 Å². The molecular formula is C13H21N3O2. The van der Waals surface area contributed by atoms with E-state index < -0.39 is 0 Å². The smallest absolute Gasteiger partial charge is 0.269 e. The van der Waals surface area contributed by atoms with Crippen molar-refractivity contribution in [1.29, 1.82) is 0 Å². The summed E-state index contributed by atoms with van der Waals surface area (Å²) < 4.78 is 7.00. The van der Waals surface area contributed by atoms with Gasteiger partial charge in [-0.05, 0) is 24.8 Å². The van der Waals surface area contributed by atoms with E-state index in [0.29, 0.717) is 18.2 Å². The summed E-state index contributed by atoms with van der Waals surface area (Å²) in [7, 11) is 1.80. The van der Waals surface area contributed by atoms with E-state index in [1.807, 2.05) is 6.07 Å². The second-order valence-corrected chi connectivity index (χ2v) is 5.12. The Morgan fingerprint density at radius 3 is 2.94 bits per heavy atom. The first-order valence-electron chi connectivity index (χ1n) is 6.50. The van der Waals surface area contributed by atoms with Gasteiger partial charge in [-0.25, -0.2) is 0 Å². The Kier molecular flexibility index (Phi) is 4.01. The van der Waals surface area contributed by atoms with Crippen molar-refractivity contribution in [1.82, 2.24) is 15.1 Å². The fourth-order valence-corrected chi connectivity index (χ4v) is 2.10. The van der Waals surface area contributed by atoms with Crippen molar-refractivity contribution in [2.45, 2.75) is 38.6 Å². The number of nitrogens with one attached hydrogen (secondary N) is 1. The average molecular weight is 251 g/mol. The van der Waals surface area contributed by atoms with Crippen LogP contribution in [-0.4, -0.2) is 34.9 Å². The van der Waals surface area contributed by atoms with Crippen molar-refractivity contribution in [3.8, 4) is 0 Å². The summed E-state index contributed by atoms with van der Waals surface area (Å²) in [6.45, 7) is 5.55. The van der Waals surface area contributed by atoms with Crippen LogP contribution < -0.4 is 5.32 Å². The van der Waals surface area contributed by atoms with Gasteiger partial charge in [-0.1, -0.05) is 13.8 Å². The lowest BCUT2D eigenvalue weighted by atomic mass is 10.1. The van der Waals surface area contributed by atoms with E-state index in [0.717, 1.165) is 25.1 Å². The van der Waals surface area contributed by atoms with Gasteiger partial charge in [0.1, 0.15) is 5.69 Å². The van der Waals surface area contributed by atoms with Crippen LogP contribution in [0, 0.1) is 0 Å². The lowest BCUT2D eigenvalue weighted by molar-refractivity contribution is 0.0620. The summed E-state index contributed by atoms with van der Waals surface area (Å²) in [5.41, 5.74) is 1.56. The topological polar surface area (TPSA) is 56.1 Å². The van der Waals surface area contributed by atoms with E-state index in [1.165, 1.54) is 0 Å². The van der Waals surface area contributed by atoms with Crippen LogP contribution in [0.1, 0.15) is 48.8 Å². The Hall–Kier alpha value is -1.36. The fraction of sp³-hybridized carbons (Fsp3) is 0.692. The van der Waals surface area contributed by atoms with Crippen molar-refractivity contribution < 1.29 is 9.53 Å². The second kappa shape index (κ2) is 5.52. The van der Waals surface area contributed by atoms with Gasteiger partial charge in [0.2, 0.25) is 0 Å². The van der Waals surface area contributed by atoms with Gasteiger partial charge in [0.25, 0.3) is 5.91 Å². The molecule has 2 rings (SSSR count). The summed E-state index contributed by atoms with van der Waals surface area (Å²) in [5.74, 6) is 0.267. The van der Waals surface area contributed by atoms with Crippen LogP contribution in [0.2, 0.25) is 0 Å². The van der Waals surface area contributed by atoms with Gasteiger partial charge in [0.05, 0.1) is 18.3 Å². The monoisotopic (exact) mass is 251 g/mol. The molecule has 1 fully saturated rings. The third-order valence-electron chi connectivity index (χ3n) is 3.22. The van der Waals surface area contributed by atoms with Crippen molar-refractivity contribution in [3.63, 3.8) is 0 Å².